The Morgan fingerprint density at radius 1 is 0.862 bits per heavy atom. The molecule has 1 saturated carbocycles. The van der Waals surface area contributed by atoms with Gasteiger partial charge in [0.05, 0.1) is 10.3 Å². The summed E-state index contributed by atoms with van der Waals surface area (Å²) in [6.07, 6.45) is 1.69. The zero-order valence-corrected chi connectivity index (χ0v) is 17.2. The molecule has 1 aliphatic carbocycles. The molecule has 1 saturated heterocycles. The molecule has 1 aliphatic heterocycles. The fourth-order valence-electron chi connectivity index (χ4n) is 3.95. The van der Waals surface area contributed by atoms with E-state index in [1.54, 1.807) is 4.90 Å². The number of sulfonamides is 1. The largest absolute Gasteiger partial charge is 0.339 e. The summed E-state index contributed by atoms with van der Waals surface area (Å²) in [4.78, 5) is 26.5. The molecule has 4 rings (SSSR count). The van der Waals surface area contributed by atoms with Crippen LogP contribution in [0.1, 0.15) is 35.7 Å². The Bertz CT molecular complexity index is 1020. The van der Waals surface area contributed by atoms with Crippen LogP contribution in [0.4, 0.5) is 0 Å². The minimum atomic E-state index is -3.64. The van der Waals surface area contributed by atoms with E-state index in [4.69, 9.17) is 0 Å². The maximum absolute atomic E-state index is 13.1. The molecule has 2 aliphatic rings. The van der Waals surface area contributed by atoms with E-state index in [-0.39, 0.29) is 29.7 Å². The lowest BCUT2D eigenvalue weighted by molar-refractivity contribution is -0.135. The van der Waals surface area contributed by atoms with Crippen LogP contribution in [0.5, 0.6) is 0 Å². The van der Waals surface area contributed by atoms with Crippen LogP contribution < -0.4 is 0 Å². The molecule has 2 fully saturated rings. The highest BCUT2D eigenvalue weighted by atomic mass is 32.2. The topological polar surface area (TPSA) is 74.8 Å². The van der Waals surface area contributed by atoms with Gasteiger partial charge in [-0.15, -0.1) is 0 Å². The van der Waals surface area contributed by atoms with Crippen LogP contribution >= 0.6 is 0 Å². The fraction of sp³-hybridized carbons (Fsp3) is 0.364. The third-order valence-corrected chi connectivity index (χ3v) is 7.82. The van der Waals surface area contributed by atoms with Crippen molar-refractivity contribution in [1.29, 1.82) is 0 Å². The Morgan fingerprint density at radius 2 is 1.45 bits per heavy atom. The van der Waals surface area contributed by atoms with E-state index in [0.717, 1.165) is 18.4 Å². The monoisotopic (exact) mass is 412 g/mol. The van der Waals surface area contributed by atoms with Gasteiger partial charge in [-0.25, -0.2) is 8.42 Å². The molecule has 2 aromatic rings. The summed E-state index contributed by atoms with van der Waals surface area (Å²) in [5.41, 5.74) is 1.10. The number of piperazine rings is 1. The van der Waals surface area contributed by atoms with Gasteiger partial charge in [-0.05, 0) is 37.5 Å². The molecular weight excluding hydrogens is 388 g/mol. The van der Waals surface area contributed by atoms with E-state index < -0.39 is 15.4 Å². The minimum absolute atomic E-state index is 0.103. The number of rotatable bonds is 5. The van der Waals surface area contributed by atoms with Gasteiger partial charge in [0, 0.05) is 31.7 Å². The Morgan fingerprint density at radius 3 is 1.97 bits per heavy atom. The summed E-state index contributed by atoms with van der Waals surface area (Å²) < 4.78 is 27.2. The van der Waals surface area contributed by atoms with Crippen molar-refractivity contribution in [2.45, 2.75) is 30.1 Å². The summed E-state index contributed by atoms with van der Waals surface area (Å²) in [7, 11) is -3.64. The van der Waals surface area contributed by atoms with E-state index in [1.165, 1.54) is 35.5 Å². The molecule has 0 spiro atoms. The number of carbonyl (C=O) groups is 2. The highest BCUT2D eigenvalue weighted by Gasteiger charge is 2.53. The lowest BCUT2D eigenvalue weighted by Crippen LogP contribution is -2.52. The number of carbonyl (C=O) groups excluding carboxylic acids is 2. The molecule has 1 amide bonds. The third kappa shape index (κ3) is 3.60. The quantitative estimate of drug-likeness (QED) is 0.707. The molecule has 0 bridgehead atoms. The Kier molecular flexibility index (Phi) is 5.04. The van der Waals surface area contributed by atoms with E-state index in [2.05, 4.69) is 0 Å². The number of hydrogen-bond acceptors (Lipinski definition) is 4. The summed E-state index contributed by atoms with van der Waals surface area (Å²) in [5, 5.41) is 0. The van der Waals surface area contributed by atoms with Gasteiger partial charge in [0.15, 0.2) is 5.78 Å². The standard InChI is InChI=1S/C22H24N2O4S/c1-17(25)18-7-9-20(10-8-18)29(27,28)24-15-13-23(14-16-24)21(26)22(11-12-22)19-5-3-2-4-6-19/h2-10H,11-16H2,1H3. The summed E-state index contributed by atoms with van der Waals surface area (Å²) in [6.45, 7) is 2.76. The molecule has 0 N–H and O–H groups in total. The van der Waals surface area contributed by atoms with Crippen LogP contribution in [0.3, 0.4) is 0 Å². The van der Waals surface area contributed by atoms with Crippen LogP contribution in [-0.4, -0.2) is 55.5 Å². The van der Waals surface area contributed by atoms with Crippen molar-refractivity contribution in [2.24, 2.45) is 0 Å². The van der Waals surface area contributed by atoms with Gasteiger partial charge in [-0.3, -0.25) is 9.59 Å². The van der Waals surface area contributed by atoms with Crippen molar-refractivity contribution in [1.82, 2.24) is 9.21 Å². The van der Waals surface area contributed by atoms with E-state index in [0.29, 0.717) is 18.7 Å². The molecule has 29 heavy (non-hydrogen) atoms. The van der Waals surface area contributed by atoms with Gasteiger partial charge in [-0.2, -0.15) is 4.31 Å². The smallest absolute Gasteiger partial charge is 0.243 e. The highest BCUT2D eigenvalue weighted by molar-refractivity contribution is 7.89. The Hall–Kier alpha value is -2.51. The van der Waals surface area contributed by atoms with E-state index in [1.807, 2.05) is 30.3 Å². The van der Waals surface area contributed by atoms with Crippen LogP contribution in [0.15, 0.2) is 59.5 Å². The molecule has 7 heteroatoms. The summed E-state index contributed by atoms with van der Waals surface area (Å²) in [6, 6.07) is 15.8. The second-order valence-corrected chi connectivity index (χ2v) is 9.66. The summed E-state index contributed by atoms with van der Waals surface area (Å²) in [5.74, 6) is 0.0000509. The van der Waals surface area contributed by atoms with Crippen molar-refractivity contribution >= 4 is 21.7 Å². The van der Waals surface area contributed by atoms with Crippen molar-refractivity contribution in [2.75, 3.05) is 26.2 Å². The number of amides is 1. The first-order valence-electron chi connectivity index (χ1n) is 9.81. The van der Waals surface area contributed by atoms with Crippen molar-refractivity contribution < 1.29 is 18.0 Å². The molecule has 0 atom stereocenters. The molecule has 0 radical (unpaired) electrons. The van der Waals surface area contributed by atoms with E-state index in [9.17, 15) is 18.0 Å². The Labute approximate surface area is 171 Å². The molecule has 6 nitrogen and oxygen atoms in total. The van der Waals surface area contributed by atoms with Crippen LogP contribution in [0, 0.1) is 0 Å². The van der Waals surface area contributed by atoms with Gasteiger partial charge in [-0.1, -0.05) is 42.5 Å². The maximum atomic E-state index is 13.1. The molecule has 152 valence electrons. The van der Waals surface area contributed by atoms with Crippen LogP contribution in [0.2, 0.25) is 0 Å². The predicted molar refractivity (Wildman–Crippen MR) is 109 cm³/mol. The second kappa shape index (κ2) is 7.39. The molecular formula is C22H24N2O4S. The average molecular weight is 413 g/mol. The second-order valence-electron chi connectivity index (χ2n) is 7.72. The van der Waals surface area contributed by atoms with Gasteiger partial charge < -0.3 is 4.90 Å². The van der Waals surface area contributed by atoms with Gasteiger partial charge >= 0.3 is 0 Å². The molecule has 1 heterocycles. The van der Waals surface area contributed by atoms with Gasteiger partial charge in [0.1, 0.15) is 0 Å². The number of ketones is 1. The van der Waals surface area contributed by atoms with Crippen LogP contribution in [-0.2, 0) is 20.2 Å². The lowest BCUT2D eigenvalue weighted by Gasteiger charge is -2.36. The number of benzene rings is 2. The minimum Gasteiger partial charge on any atom is -0.339 e. The zero-order chi connectivity index (χ0) is 20.6. The summed E-state index contributed by atoms with van der Waals surface area (Å²) >= 11 is 0. The van der Waals surface area contributed by atoms with Crippen molar-refractivity contribution in [3.05, 3.63) is 65.7 Å². The lowest BCUT2D eigenvalue weighted by atomic mass is 9.94. The first-order chi connectivity index (χ1) is 13.8. The first kappa shape index (κ1) is 19.8. The van der Waals surface area contributed by atoms with Crippen molar-refractivity contribution in [3.63, 3.8) is 0 Å². The van der Waals surface area contributed by atoms with Crippen molar-refractivity contribution in [3.8, 4) is 0 Å². The maximum Gasteiger partial charge on any atom is 0.243 e. The molecule has 0 aromatic heterocycles. The van der Waals surface area contributed by atoms with E-state index >= 15 is 0 Å². The molecule has 2 aromatic carbocycles. The number of nitrogens with zero attached hydrogens (tertiary/aromatic N) is 2. The zero-order valence-electron chi connectivity index (χ0n) is 16.4. The number of Topliss-reactive ketones (excluding diaryl/α,β-unsaturated/α-hetero) is 1. The fourth-order valence-corrected chi connectivity index (χ4v) is 5.38. The van der Waals surface area contributed by atoms with Gasteiger partial charge in [0.2, 0.25) is 15.9 Å². The predicted octanol–water partition coefficient (Wildman–Crippen LogP) is 2.45. The SMILES string of the molecule is CC(=O)c1ccc(S(=O)(=O)N2CCN(C(=O)C3(c4ccccc4)CC3)CC2)cc1. The Balaban J connectivity index is 1.44. The normalized spacial score (nSPS) is 19.0. The average Bonchev–Trinajstić information content (AvgIpc) is 3.56. The van der Waals surface area contributed by atoms with Crippen LogP contribution in [0.25, 0.3) is 0 Å². The molecule has 0 unspecified atom stereocenters. The first-order valence-corrected chi connectivity index (χ1v) is 11.2. The van der Waals surface area contributed by atoms with Gasteiger partial charge in [0.25, 0.3) is 0 Å². The third-order valence-electron chi connectivity index (χ3n) is 5.91. The number of hydrogen-bond donors (Lipinski definition) is 0. The highest BCUT2D eigenvalue weighted by Crippen LogP contribution is 2.49.